The monoisotopic (exact) mass is 746 g/mol. The number of rotatable bonds is 1. The molecule has 0 heterocycles. The van der Waals surface area contributed by atoms with Gasteiger partial charge in [0.2, 0.25) is 0 Å². The molecule has 4 nitrogen and oxygen atoms in total. The summed E-state index contributed by atoms with van der Waals surface area (Å²) in [5.41, 5.74) is 0.938. The molecule has 0 unspecified atom stereocenters. The van der Waals surface area contributed by atoms with E-state index in [1.54, 1.807) is 41.5 Å². The minimum Gasteiger partial charge on any atom is -0.344 e. The Morgan fingerprint density at radius 1 is 0.615 bits per heavy atom. The van der Waals surface area contributed by atoms with E-state index in [1.165, 1.54) is 29.4 Å². The van der Waals surface area contributed by atoms with Gasteiger partial charge in [-0.1, -0.05) is 76.2 Å². The van der Waals surface area contributed by atoms with E-state index >= 15 is 0 Å². The third-order valence-electron chi connectivity index (χ3n) is 4.80. The van der Waals surface area contributed by atoms with Crippen molar-refractivity contribution in [2.75, 3.05) is 12.5 Å². The van der Waals surface area contributed by atoms with Crippen LogP contribution >= 0.6 is 0 Å². The predicted molar refractivity (Wildman–Crippen MR) is 170 cm³/mol. The molecule has 3 aromatic carbocycles. The van der Waals surface area contributed by atoms with Gasteiger partial charge in [0.1, 0.15) is 0 Å². The molecule has 3 aromatic rings. The summed E-state index contributed by atoms with van der Waals surface area (Å²) >= 11 is 0. The molecular weight excluding hydrogens is 696 g/mol. The largest absolute Gasteiger partial charge is 2.00 e. The van der Waals surface area contributed by atoms with Crippen LogP contribution in [0.2, 0.25) is 0 Å². The normalized spacial score (nSPS) is 10.4. The van der Waals surface area contributed by atoms with Crippen LogP contribution in [-0.4, -0.2) is 38.8 Å². The summed E-state index contributed by atoms with van der Waals surface area (Å²) in [5, 5.41) is 2.62. The Labute approximate surface area is 255 Å². The summed E-state index contributed by atoms with van der Waals surface area (Å²) in [4.78, 5) is 0. The molecule has 0 saturated carbocycles. The van der Waals surface area contributed by atoms with E-state index in [1.807, 2.05) is 52.0 Å². The zero-order chi connectivity index (χ0) is 30.6. The Bertz CT molecular complexity index is 1110. The van der Waals surface area contributed by atoms with E-state index in [9.17, 15) is 16.8 Å². The molecule has 3 rings (SSSR count). The van der Waals surface area contributed by atoms with Gasteiger partial charge in [0.15, 0.2) is 19.7 Å². The Morgan fingerprint density at radius 3 is 1.03 bits per heavy atom. The van der Waals surface area contributed by atoms with Gasteiger partial charge in [-0.3, -0.25) is 0 Å². The van der Waals surface area contributed by atoms with E-state index in [0.717, 1.165) is 5.56 Å². The van der Waals surface area contributed by atoms with Crippen molar-refractivity contribution in [2.24, 2.45) is 0 Å². The summed E-state index contributed by atoms with van der Waals surface area (Å²) in [5.74, 6) is 0. The van der Waals surface area contributed by atoms with E-state index in [0.29, 0.717) is 0 Å². The standard InChI is InChI=1S/C10H8.C8H6.2C5H12O2S.2C2H6.W/c1-2-6-10-8-4-3-7-9(10)5-1;1-2-8-6-4-3-5-7-8;2*1-5(2,3)8(4,6)7;2*1-2;/h1-8H;1-6H;2*1-4H3;2*1-2H3;/q;-2;;;;;+2. The first-order valence-corrected chi connectivity index (χ1v) is 16.5. The van der Waals surface area contributed by atoms with Crippen molar-refractivity contribution in [3.63, 3.8) is 0 Å². The van der Waals surface area contributed by atoms with Crippen LogP contribution in [0.5, 0.6) is 0 Å². The first-order valence-electron chi connectivity index (χ1n) is 12.7. The topological polar surface area (TPSA) is 68.3 Å². The maximum atomic E-state index is 10.7. The summed E-state index contributed by atoms with van der Waals surface area (Å²) < 4.78 is 41.4. The molecule has 0 aromatic heterocycles. The van der Waals surface area contributed by atoms with Crippen LogP contribution in [0, 0.1) is 12.6 Å². The van der Waals surface area contributed by atoms with E-state index < -0.39 is 29.2 Å². The average Bonchev–Trinajstić information content (AvgIpc) is 2.86. The molecule has 39 heavy (non-hydrogen) atoms. The summed E-state index contributed by atoms with van der Waals surface area (Å²) in [6.45, 7) is 23.3. The van der Waals surface area contributed by atoms with Crippen LogP contribution in [-0.2, 0) is 40.7 Å². The second kappa shape index (κ2) is 22.0. The maximum Gasteiger partial charge on any atom is 2.00 e. The number of sulfone groups is 2. The van der Waals surface area contributed by atoms with Gasteiger partial charge in [-0.05, 0) is 52.3 Å². The van der Waals surface area contributed by atoms with Crippen molar-refractivity contribution in [1.82, 2.24) is 0 Å². The molecule has 0 amide bonds. The van der Waals surface area contributed by atoms with Gasteiger partial charge < -0.3 is 18.2 Å². The fourth-order valence-corrected chi connectivity index (χ4v) is 1.64. The molecule has 0 radical (unpaired) electrons. The van der Waals surface area contributed by atoms with E-state index in [-0.39, 0.29) is 21.1 Å². The molecule has 0 saturated heterocycles. The third kappa shape index (κ3) is 21.7. The SMILES string of the molecule is CC.CC.CC(C)(C)S(C)(=O)=O.CC(C)(C)S(C)(=O)=O.[CH-]=Cc1[c-]cccc1.[W+2].c1ccc2ccccc2c1. The van der Waals surface area contributed by atoms with Gasteiger partial charge in [0.25, 0.3) is 0 Å². The van der Waals surface area contributed by atoms with Crippen molar-refractivity contribution >= 4 is 36.5 Å². The Kier molecular flexibility index (Phi) is 25.0. The molecule has 0 aliphatic heterocycles. The van der Waals surface area contributed by atoms with Crippen molar-refractivity contribution in [3.8, 4) is 0 Å². The van der Waals surface area contributed by atoms with Gasteiger partial charge in [0.05, 0.1) is 9.49 Å². The fraction of sp³-hybridized carbons (Fsp3) is 0.438. The number of hydrogen-bond donors (Lipinski definition) is 0. The zero-order valence-electron chi connectivity index (χ0n) is 25.9. The predicted octanol–water partition coefficient (Wildman–Crippen LogP) is 8.48. The fourth-order valence-electron chi connectivity index (χ4n) is 1.64. The summed E-state index contributed by atoms with van der Waals surface area (Å²) in [6.07, 6.45) is 4.01. The molecule has 0 N–H and O–H groups in total. The second-order valence-corrected chi connectivity index (χ2v) is 15.1. The molecule has 0 aliphatic rings. The molecule has 0 aliphatic carbocycles. The zero-order valence-corrected chi connectivity index (χ0v) is 30.5. The van der Waals surface area contributed by atoms with Crippen LogP contribution in [0.15, 0.2) is 72.8 Å². The van der Waals surface area contributed by atoms with Crippen LogP contribution in [0.25, 0.3) is 16.8 Å². The molecule has 0 fully saturated rings. The minimum absolute atomic E-state index is 0. The van der Waals surface area contributed by atoms with E-state index in [4.69, 9.17) is 6.58 Å². The van der Waals surface area contributed by atoms with Gasteiger partial charge in [-0.15, -0.1) is 6.07 Å². The first-order chi connectivity index (χ1) is 17.4. The number of hydrogen-bond acceptors (Lipinski definition) is 4. The van der Waals surface area contributed by atoms with Gasteiger partial charge in [0, 0.05) is 12.5 Å². The number of benzene rings is 3. The Balaban J connectivity index is -0.000000200. The van der Waals surface area contributed by atoms with Crippen LogP contribution in [0.1, 0.15) is 74.8 Å². The average molecular weight is 747 g/mol. The summed E-state index contributed by atoms with van der Waals surface area (Å²) in [6, 6.07) is 27.2. The van der Waals surface area contributed by atoms with Crippen LogP contribution < -0.4 is 0 Å². The van der Waals surface area contributed by atoms with Gasteiger partial charge in [-0.2, -0.15) is 12.1 Å². The van der Waals surface area contributed by atoms with Gasteiger partial charge in [-0.25, -0.2) is 29.0 Å². The van der Waals surface area contributed by atoms with Crippen molar-refractivity contribution in [3.05, 3.63) is 91.0 Å². The molecule has 0 spiro atoms. The van der Waals surface area contributed by atoms with E-state index in [2.05, 4.69) is 54.6 Å². The molecule has 220 valence electrons. The Hall–Kier alpha value is -1.75. The third-order valence-corrected chi connectivity index (χ3v) is 9.25. The molecular formula is C32H50O4S2W. The van der Waals surface area contributed by atoms with Crippen molar-refractivity contribution < 1.29 is 37.9 Å². The molecule has 7 heteroatoms. The van der Waals surface area contributed by atoms with Crippen molar-refractivity contribution in [2.45, 2.75) is 78.7 Å². The molecule has 0 bridgehead atoms. The maximum absolute atomic E-state index is 10.7. The van der Waals surface area contributed by atoms with Crippen LogP contribution in [0.3, 0.4) is 0 Å². The smallest absolute Gasteiger partial charge is 0.344 e. The summed E-state index contributed by atoms with van der Waals surface area (Å²) in [7, 11) is -5.68. The molecule has 0 atom stereocenters. The Morgan fingerprint density at radius 2 is 0.872 bits per heavy atom. The minimum atomic E-state index is -2.84. The number of fused-ring (bicyclic) bond motifs is 1. The van der Waals surface area contributed by atoms with Crippen LogP contribution in [0.4, 0.5) is 0 Å². The quantitative estimate of drug-likeness (QED) is 0.235. The van der Waals surface area contributed by atoms with Crippen molar-refractivity contribution in [1.29, 1.82) is 0 Å². The van der Waals surface area contributed by atoms with Gasteiger partial charge >= 0.3 is 21.1 Å². The first kappa shape index (κ1) is 44.3. The second-order valence-electron chi connectivity index (χ2n) is 9.60.